The molecule has 140 valence electrons. The molecule has 0 fully saturated rings. The van der Waals surface area contributed by atoms with E-state index >= 15 is 0 Å². The Labute approximate surface area is 147 Å². The lowest BCUT2D eigenvalue weighted by Gasteiger charge is -2.15. The van der Waals surface area contributed by atoms with Gasteiger partial charge in [0, 0.05) is 6.20 Å². The number of carbonyl (C=O) groups excluding carboxylic acids is 2. The molecule has 1 amide bonds. The van der Waals surface area contributed by atoms with Crippen molar-refractivity contribution < 1.29 is 32.2 Å². The van der Waals surface area contributed by atoms with E-state index in [0.717, 1.165) is 18.2 Å². The molecule has 0 radical (unpaired) electrons. The Bertz CT molecular complexity index is 758. The maximum atomic E-state index is 12.9. The quantitative estimate of drug-likeness (QED) is 0.730. The van der Waals surface area contributed by atoms with E-state index in [-0.39, 0.29) is 23.7 Å². The molecule has 0 saturated heterocycles. The number of hydrogen-bond donors (Lipinski definition) is 2. The summed E-state index contributed by atoms with van der Waals surface area (Å²) in [6, 6.07) is 5.82. The van der Waals surface area contributed by atoms with E-state index in [1.807, 2.05) is 6.92 Å². The molecule has 0 atom stereocenters. The van der Waals surface area contributed by atoms with Gasteiger partial charge in [0.05, 0.1) is 17.9 Å². The number of rotatable bonds is 7. The van der Waals surface area contributed by atoms with Crippen LogP contribution in [0.1, 0.15) is 29.4 Å². The monoisotopic (exact) mass is 370 g/mol. The fraction of sp³-hybridized carbons (Fsp3) is 0.294. The van der Waals surface area contributed by atoms with Gasteiger partial charge >= 0.3 is 12.1 Å². The normalized spacial score (nSPS) is 11.1. The summed E-state index contributed by atoms with van der Waals surface area (Å²) in [6.45, 7) is 1.46. The number of alkyl halides is 3. The van der Waals surface area contributed by atoms with Crippen LogP contribution in [0.2, 0.25) is 0 Å². The number of carbonyl (C=O) groups is 2. The minimum Gasteiger partial charge on any atom is -0.491 e. The Morgan fingerprint density at radius 2 is 2.00 bits per heavy atom. The highest BCUT2D eigenvalue weighted by Crippen LogP contribution is 2.35. The molecule has 1 aromatic heterocycles. The molecule has 0 spiro atoms. The van der Waals surface area contributed by atoms with Gasteiger partial charge in [0.25, 0.3) is 5.91 Å². The summed E-state index contributed by atoms with van der Waals surface area (Å²) in [5.41, 5.74) is -0.918. The first kappa shape index (κ1) is 19.4. The first-order valence-electron chi connectivity index (χ1n) is 7.75. The predicted molar refractivity (Wildman–Crippen MR) is 86.9 cm³/mol. The van der Waals surface area contributed by atoms with Gasteiger partial charge in [-0.1, -0.05) is 6.92 Å². The molecule has 2 rings (SSSR count). The molecule has 0 aliphatic carbocycles. The number of ether oxygens (including phenoxy) is 2. The van der Waals surface area contributed by atoms with Crippen molar-refractivity contribution >= 4 is 17.6 Å². The Kier molecular flexibility index (Phi) is 6.26. The second kappa shape index (κ2) is 8.41. The molecular weight excluding hydrogens is 353 g/mol. The zero-order chi connectivity index (χ0) is 19.2. The molecule has 0 saturated carbocycles. The smallest absolute Gasteiger partial charge is 0.416 e. The lowest BCUT2D eigenvalue weighted by atomic mass is 10.1. The van der Waals surface area contributed by atoms with Crippen molar-refractivity contribution in [1.29, 1.82) is 0 Å². The molecule has 0 bridgehead atoms. The number of amides is 1. The average molecular weight is 370 g/mol. The van der Waals surface area contributed by atoms with E-state index in [9.17, 15) is 22.8 Å². The fourth-order valence-electron chi connectivity index (χ4n) is 1.99. The van der Waals surface area contributed by atoms with Crippen molar-refractivity contribution in [2.24, 2.45) is 0 Å². The first-order chi connectivity index (χ1) is 12.3. The van der Waals surface area contributed by atoms with E-state index < -0.39 is 30.2 Å². The Hall–Kier alpha value is -2.97. The van der Waals surface area contributed by atoms with Crippen LogP contribution in [0.4, 0.5) is 18.9 Å². The maximum absolute atomic E-state index is 12.9. The molecule has 0 aliphatic heterocycles. The highest BCUT2D eigenvalue weighted by atomic mass is 19.4. The minimum atomic E-state index is -4.57. The number of nitrogens with one attached hydrogen (secondary N) is 2. The van der Waals surface area contributed by atoms with Gasteiger partial charge in [0.15, 0.2) is 6.61 Å². The topological polar surface area (TPSA) is 80.4 Å². The largest absolute Gasteiger partial charge is 0.491 e. The fourth-order valence-corrected chi connectivity index (χ4v) is 1.99. The summed E-state index contributed by atoms with van der Waals surface area (Å²) >= 11 is 0. The van der Waals surface area contributed by atoms with E-state index in [0.29, 0.717) is 6.42 Å². The second-order valence-electron chi connectivity index (χ2n) is 5.27. The zero-order valence-corrected chi connectivity index (χ0v) is 13.9. The number of benzene rings is 1. The van der Waals surface area contributed by atoms with Crippen LogP contribution in [-0.4, -0.2) is 30.1 Å². The van der Waals surface area contributed by atoms with E-state index in [2.05, 4.69) is 10.3 Å². The second-order valence-corrected chi connectivity index (χ2v) is 5.27. The zero-order valence-electron chi connectivity index (χ0n) is 13.9. The number of aromatic nitrogens is 1. The van der Waals surface area contributed by atoms with Crippen molar-refractivity contribution in [2.75, 3.05) is 18.5 Å². The van der Waals surface area contributed by atoms with Gasteiger partial charge in [-0.25, -0.2) is 4.79 Å². The van der Waals surface area contributed by atoms with Gasteiger partial charge < -0.3 is 19.8 Å². The molecule has 1 aromatic carbocycles. The van der Waals surface area contributed by atoms with Crippen molar-refractivity contribution in [3.05, 3.63) is 47.8 Å². The highest BCUT2D eigenvalue weighted by Gasteiger charge is 2.31. The molecule has 6 nitrogen and oxygen atoms in total. The van der Waals surface area contributed by atoms with Gasteiger partial charge in [-0.15, -0.1) is 0 Å². The number of hydrogen-bond acceptors (Lipinski definition) is 4. The first-order valence-corrected chi connectivity index (χ1v) is 7.75. The summed E-state index contributed by atoms with van der Waals surface area (Å²) in [4.78, 5) is 26.2. The lowest BCUT2D eigenvalue weighted by Crippen LogP contribution is -2.22. The SMILES string of the molecule is CCCOc1ccc(C(F)(F)F)cc1NC(=O)COC(=O)c1ccc[nH]1. The molecule has 2 aromatic rings. The maximum Gasteiger partial charge on any atom is 0.416 e. The number of halogens is 3. The molecular formula is C17H17F3N2O4. The van der Waals surface area contributed by atoms with Crippen LogP contribution < -0.4 is 10.1 Å². The average Bonchev–Trinajstić information content (AvgIpc) is 3.12. The van der Waals surface area contributed by atoms with Gasteiger partial charge in [0.1, 0.15) is 11.4 Å². The van der Waals surface area contributed by atoms with E-state index in [1.54, 1.807) is 6.07 Å². The van der Waals surface area contributed by atoms with Crippen LogP contribution in [0.3, 0.4) is 0 Å². The molecule has 0 unspecified atom stereocenters. The van der Waals surface area contributed by atoms with Crippen molar-refractivity contribution in [1.82, 2.24) is 4.98 Å². The third kappa shape index (κ3) is 5.27. The van der Waals surface area contributed by atoms with Gasteiger partial charge in [-0.3, -0.25) is 4.79 Å². The van der Waals surface area contributed by atoms with Gasteiger partial charge in [-0.05, 0) is 36.8 Å². The number of esters is 1. The summed E-state index contributed by atoms with van der Waals surface area (Å²) in [6.07, 6.45) is -2.42. The summed E-state index contributed by atoms with van der Waals surface area (Å²) < 4.78 is 48.8. The summed E-state index contributed by atoms with van der Waals surface area (Å²) in [5.74, 6) is -1.44. The van der Waals surface area contributed by atoms with Crippen LogP contribution in [0.5, 0.6) is 5.75 Å². The van der Waals surface area contributed by atoms with Gasteiger partial charge in [0.2, 0.25) is 0 Å². The lowest BCUT2D eigenvalue weighted by molar-refractivity contribution is -0.137. The minimum absolute atomic E-state index is 0.101. The Morgan fingerprint density at radius 1 is 1.23 bits per heavy atom. The highest BCUT2D eigenvalue weighted by molar-refractivity contribution is 5.95. The third-order valence-electron chi connectivity index (χ3n) is 3.19. The Balaban J connectivity index is 2.07. The molecule has 9 heteroatoms. The predicted octanol–water partition coefficient (Wildman–Crippen LogP) is 3.62. The summed E-state index contributed by atoms with van der Waals surface area (Å²) in [5, 5.41) is 2.28. The van der Waals surface area contributed by atoms with Crippen LogP contribution in [0.15, 0.2) is 36.5 Å². The molecule has 1 heterocycles. The van der Waals surface area contributed by atoms with E-state index in [4.69, 9.17) is 9.47 Å². The number of H-pyrrole nitrogens is 1. The number of aromatic amines is 1. The van der Waals surface area contributed by atoms with Crippen molar-refractivity contribution in [2.45, 2.75) is 19.5 Å². The molecule has 0 aliphatic rings. The summed E-state index contributed by atoms with van der Waals surface area (Å²) in [7, 11) is 0. The van der Waals surface area contributed by atoms with Crippen LogP contribution in [-0.2, 0) is 15.7 Å². The Morgan fingerprint density at radius 3 is 2.62 bits per heavy atom. The van der Waals surface area contributed by atoms with Crippen LogP contribution in [0, 0.1) is 0 Å². The third-order valence-corrected chi connectivity index (χ3v) is 3.19. The number of anilines is 1. The van der Waals surface area contributed by atoms with Crippen molar-refractivity contribution in [3.63, 3.8) is 0 Å². The van der Waals surface area contributed by atoms with Gasteiger partial charge in [-0.2, -0.15) is 13.2 Å². The van der Waals surface area contributed by atoms with E-state index in [1.165, 1.54) is 12.3 Å². The standard InChI is InChI=1S/C17H17F3N2O4/c1-2-8-25-14-6-5-11(17(18,19)20)9-13(14)22-15(23)10-26-16(24)12-4-3-7-21-12/h3-7,9,21H,2,8,10H2,1H3,(H,22,23). The molecule has 26 heavy (non-hydrogen) atoms. The molecule has 2 N–H and O–H groups in total. The van der Waals surface area contributed by atoms with Crippen LogP contribution >= 0.6 is 0 Å². The van der Waals surface area contributed by atoms with Crippen molar-refractivity contribution in [3.8, 4) is 5.75 Å². The van der Waals surface area contributed by atoms with Crippen LogP contribution in [0.25, 0.3) is 0 Å².